The third kappa shape index (κ3) is 24.6. The minimum absolute atomic E-state index is 0.402. The molecule has 4 heteroatoms. The van der Waals surface area contributed by atoms with E-state index < -0.39 is 8.69 Å². The highest BCUT2D eigenvalue weighted by molar-refractivity contribution is 7.17. The van der Waals surface area contributed by atoms with Crippen molar-refractivity contribution in [1.29, 1.82) is 0 Å². The smallest absolute Gasteiger partial charge is 0.180 e. The Morgan fingerprint density at radius 2 is 1.46 bits per heavy atom. The molecule has 3 nitrogen and oxygen atoms in total. The lowest BCUT2D eigenvalue weighted by molar-refractivity contribution is 0.194. The maximum absolute atomic E-state index is 9.50. The van der Waals surface area contributed by atoms with Crippen LogP contribution in [0.2, 0.25) is 0 Å². The van der Waals surface area contributed by atoms with Crippen LogP contribution in [0.15, 0.2) is 38.0 Å². The second-order valence-corrected chi connectivity index (χ2v) is 2.36. The van der Waals surface area contributed by atoms with Gasteiger partial charge < -0.3 is 9.26 Å². The summed E-state index contributed by atoms with van der Waals surface area (Å²) < 4.78 is 18.8. The molecule has 0 fully saturated rings. The van der Waals surface area contributed by atoms with Crippen LogP contribution in [0.5, 0.6) is 0 Å². The van der Waals surface area contributed by atoms with E-state index >= 15 is 0 Å². The average molecular weight is 204 g/mol. The third-order valence-electron chi connectivity index (χ3n) is 0.754. The van der Waals surface area contributed by atoms with Gasteiger partial charge in [-0.1, -0.05) is 18.2 Å². The summed E-state index contributed by atoms with van der Waals surface area (Å²) in [6.45, 7) is 11.9. The largest absolute Gasteiger partial charge is 0.373 e. The van der Waals surface area contributed by atoms with Gasteiger partial charge in [0.1, 0.15) is 0 Å². The normalized spacial score (nSPS) is 8.92. The third-order valence-corrected chi connectivity index (χ3v) is 1.08. The lowest BCUT2D eigenvalue weighted by atomic mass is 10.6. The van der Waals surface area contributed by atoms with Crippen LogP contribution in [0, 0.1) is 0 Å². The summed E-state index contributed by atoms with van der Waals surface area (Å²) in [5, 5.41) is 0. The van der Waals surface area contributed by atoms with Crippen molar-refractivity contribution in [2.45, 2.75) is 0 Å². The number of hydrogen-bond acceptors (Lipinski definition) is 3. The topological polar surface area (TPSA) is 35.5 Å². The monoisotopic (exact) mass is 204 g/mol. The Bertz CT molecular complexity index is 130. The van der Waals surface area contributed by atoms with Crippen LogP contribution < -0.4 is 0 Å². The van der Waals surface area contributed by atoms with Crippen molar-refractivity contribution in [1.82, 2.24) is 0 Å². The molecule has 0 N–H and O–H groups in total. The zero-order chi connectivity index (χ0) is 10.4. The molecule has 76 valence electrons. The van der Waals surface area contributed by atoms with Gasteiger partial charge in [-0.2, -0.15) is 0 Å². The van der Waals surface area contributed by atoms with E-state index in [0.29, 0.717) is 19.8 Å². The summed E-state index contributed by atoms with van der Waals surface area (Å²) in [5.74, 6) is 0. The summed E-state index contributed by atoms with van der Waals surface area (Å²) >= 11 is 0. The van der Waals surface area contributed by atoms with Crippen molar-refractivity contribution in [2.24, 2.45) is 0 Å². The molecule has 0 bridgehead atoms. The van der Waals surface area contributed by atoms with Gasteiger partial charge in [-0.05, 0) is 0 Å². The van der Waals surface area contributed by atoms with Gasteiger partial charge in [-0.25, -0.2) is 0 Å². The van der Waals surface area contributed by atoms with Gasteiger partial charge >= 0.3 is 0 Å². The fourth-order valence-corrected chi connectivity index (χ4v) is 0.557. The molecule has 1 unspecified atom stereocenters. The highest BCUT2D eigenvalue weighted by atomic mass is 31.1. The van der Waals surface area contributed by atoms with Gasteiger partial charge in [0.15, 0.2) is 8.69 Å². The van der Waals surface area contributed by atoms with Crippen molar-refractivity contribution < 1.29 is 13.8 Å². The van der Waals surface area contributed by atoms with Crippen LogP contribution in [0.3, 0.4) is 0 Å². The molecule has 0 aromatic heterocycles. The van der Waals surface area contributed by atoms with Gasteiger partial charge in [0.2, 0.25) is 0 Å². The Balaban J connectivity index is 0. The standard InChI is InChI=1S/C6H10O.C3H7O2P/c1-3-5-7-6-4-2;1-2-3-5-6-4/h3-4H,1-2,5-6H2;2H,1,3,6H2. The molecule has 0 aliphatic rings. The highest BCUT2D eigenvalue weighted by Crippen LogP contribution is 1.90. The Hall–Kier alpha value is -0.630. The lowest BCUT2D eigenvalue weighted by Crippen LogP contribution is -1.87. The fraction of sp³-hybridized carbons (Fsp3) is 0.333. The molecule has 1 atom stereocenters. The second kappa shape index (κ2) is 17.5. The lowest BCUT2D eigenvalue weighted by Gasteiger charge is -1.89. The van der Waals surface area contributed by atoms with Gasteiger partial charge in [0, 0.05) is 0 Å². The van der Waals surface area contributed by atoms with E-state index in [9.17, 15) is 4.57 Å². The van der Waals surface area contributed by atoms with Crippen LogP contribution in [0.25, 0.3) is 0 Å². The molecule has 0 amide bonds. The van der Waals surface area contributed by atoms with Gasteiger partial charge in [-0.15, -0.1) is 19.7 Å². The molecule has 0 aliphatic heterocycles. The molecule has 0 aliphatic carbocycles. The van der Waals surface area contributed by atoms with E-state index in [1.54, 1.807) is 18.2 Å². The minimum atomic E-state index is -1.04. The SMILES string of the molecule is C=CCOCC=C.C=CCO[PH2]=O. The molecule has 13 heavy (non-hydrogen) atoms. The molecule has 0 aromatic carbocycles. The average Bonchev–Trinajstić information content (AvgIpc) is 2.17. The Morgan fingerprint density at radius 3 is 1.69 bits per heavy atom. The number of hydrogen-bond donors (Lipinski definition) is 0. The van der Waals surface area contributed by atoms with Crippen LogP contribution in [0.4, 0.5) is 0 Å². The Kier molecular flexibility index (Phi) is 20.0. The van der Waals surface area contributed by atoms with Crippen molar-refractivity contribution >= 4 is 8.69 Å². The van der Waals surface area contributed by atoms with Gasteiger partial charge in [-0.3, -0.25) is 4.57 Å². The van der Waals surface area contributed by atoms with Crippen molar-refractivity contribution in [3.63, 3.8) is 0 Å². The summed E-state index contributed by atoms with van der Waals surface area (Å²) in [7, 11) is -1.04. The van der Waals surface area contributed by atoms with Crippen LogP contribution in [-0.4, -0.2) is 19.8 Å². The van der Waals surface area contributed by atoms with Crippen LogP contribution in [-0.2, 0) is 13.8 Å². The maximum atomic E-state index is 9.50. The van der Waals surface area contributed by atoms with E-state index in [4.69, 9.17) is 4.74 Å². The van der Waals surface area contributed by atoms with E-state index in [2.05, 4.69) is 24.3 Å². The summed E-state index contributed by atoms with van der Waals surface area (Å²) in [4.78, 5) is 0. The fourth-order valence-electron chi connectivity index (χ4n) is 0.342. The van der Waals surface area contributed by atoms with E-state index in [-0.39, 0.29) is 0 Å². The van der Waals surface area contributed by atoms with Crippen molar-refractivity contribution in [2.75, 3.05) is 19.8 Å². The Labute approximate surface area is 81.0 Å². The maximum Gasteiger partial charge on any atom is 0.180 e. The molecule has 0 aromatic rings. The van der Waals surface area contributed by atoms with E-state index in [0.717, 1.165) is 0 Å². The number of ether oxygens (including phenoxy) is 1. The summed E-state index contributed by atoms with van der Waals surface area (Å²) in [6.07, 6.45) is 4.98. The molecule has 0 rings (SSSR count). The highest BCUT2D eigenvalue weighted by Gasteiger charge is 1.70. The molecule has 0 heterocycles. The molecule has 0 radical (unpaired) electrons. The van der Waals surface area contributed by atoms with Crippen molar-refractivity contribution in [3.05, 3.63) is 38.0 Å². The van der Waals surface area contributed by atoms with Gasteiger partial charge in [0.05, 0.1) is 19.8 Å². The zero-order valence-corrected chi connectivity index (χ0v) is 8.93. The zero-order valence-electron chi connectivity index (χ0n) is 7.78. The molecule has 0 saturated heterocycles. The van der Waals surface area contributed by atoms with E-state index in [1.165, 1.54) is 0 Å². The molecular formula is C9H17O3P. The first-order valence-corrected chi connectivity index (χ1v) is 4.73. The molecule has 0 saturated carbocycles. The molecular weight excluding hydrogens is 187 g/mol. The van der Waals surface area contributed by atoms with Crippen LogP contribution >= 0.6 is 8.69 Å². The van der Waals surface area contributed by atoms with Gasteiger partial charge in [0.25, 0.3) is 0 Å². The summed E-state index contributed by atoms with van der Waals surface area (Å²) in [6, 6.07) is 0. The minimum Gasteiger partial charge on any atom is -0.373 e. The van der Waals surface area contributed by atoms with Crippen LogP contribution in [0.1, 0.15) is 0 Å². The first kappa shape index (κ1) is 14.9. The second-order valence-electron chi connectivity index (χ2n) is 1.83. The Morgan fingerprint density at radius 1 is 1.00 bits per heavy atom. The molecule has 0 spiro atoms. The van der Waals surface area contributed by atoms with E-state index in [1.807, 2.05) is 0 Å². The first-order valence-electron chi connectivity index (χ1n) is 3.79. The quantitative estimate of drug-likeness (QED) is 0.362. The van der Waals surface area contributed by atoms with Crippen molar-refractivity contribution in [3.8, 4) is 0 Å². The predicted molar refractivity (Wildman–Crippen MR) is 57.8 cm³/mol. The summed E-state index contributed by atoms with van der Waals surface area (Å²) in [5.41, 5.74) is 0. The predicted octanol–water partition coefficient (Wildman–Crippen LogP) is 2.24. The number of rotatable bonds is 7. The first-order chi connectivity index (χ1) is 6.33.